The van der Waals surface area contributed by atoms with E-state index in [1.807, 2.05) is 0 Å². The van der Waals surface area contributed by atoms with E-state index in [9.17, 15) is 30.3 Å². The topological polar surface area (TPSA) is 149 Å². The number of allylic oxidation sites excluding steroid dienone is 14. The van der Waals surface area contributed by atoms with Gasteiger partial charge in [0.25, 0.3) is 0 Å². The average molecular weight is 1110 g/mol. The second-order valence-electron chi connectivity index (χ2n) is 22.9. The number of carbonyl (C=O) groups is 1. The SMILES string of the molecule is CC/C=C\C/C=C\C/C=C\C/C=C\C/C=C\C/C=C\C/C=C\CCCCCCCCCCCC(=O)NC(COC1OC(CO)C(O)C(O)C1O)C(O)CCCCCCCCCCCCCCCCCCCCCCCCCCC. The summed E-state index contributed by atoms with van der Waals surface area (Å²) in [5, 5.41) is 54.9. The van der Waals surface area contributed by atoms with Gasteiger partial charge in [-0.15, -0.1) is 0 Å². The molecule has 6 N–H and O–H groups in total. The number of aliphatic hydroxyl groups excluding tert-OH is 5. The Morgan fingerprint density at radius 3 is 1.16 bits per heavy atom. The van der Waals surface area contributed by atoms with Crippen LogP contribution in [0.3, 0.4) is 0 Å². The molecule has 1 fully saturated rings. The highest BCUT2D eigenvalue weighted by molar-refractivity contribution is 5.76. The van der Waals surface area contributed by atoms with Crippen LogP contribution in [-0.2, 0) is 14.3 Å². The van der Waals surface area contributed by atoms with Crippen molar-refractivity contribution in [1.82, 2.24) is 5.32 Å². The van der Waals surface area contributed by atoms with Gasteiger partial charge in [-0.1, -0.05) is 304 Å². The minimum absolute atomic E-state index is 0.143. The molecule has 0 aromatic heterocycles. The fraction of sp³-hybridized carbons (Fsp3) is 0.786. The molecular weight excluding hydrogens is 983 g/mol. The molecule has 0 radical (unpaired) electrons. The molecule has 1 saturated heterocycles. The van der Waals surface area contributed by atoms with Gasteiger partial charge >= 0.3 is 0 Å². The summed E-state index contributed by atoms with van der Waals surface area (Å²) in [6.07, 6.45) is 76.2. The van der Waals surface area contributed by atoms with Gasteiger partial charge in [0.15, 0.2) is 6.29 Å². The van der Waals surface area contributed by atoms with Gasteiger partial charge in [0, 0.05) is 6.42 Å². The molecular formula is C70H125NO8. The van der Waals surface area contributed by atoms with Crippen LogP contribution >= 0.6 is 0 Å². The van der Waals surface area contributed by atoms with Crippen LogP contribution in [0.15, 0.2) is 85.1 Å². The van der Waals surface area contributed by atoms with Gasteiger partial charge in [0.05, 0.1) is 25.4 Å². The summed E-state index contributed by atoms with van der Waals surface area (Å²) in [4.78, 5) is 13.1. The van der Waals surface area contributed by atoms with Crippen LogP contribution in [0.2, 0.25) is 0 Å². The van der Waals surface area contributed by atoms with Crippen molar-refractivity contribution in [3.05, 3.63) is 85.1 Å². The van der Waals surface area contributed by atoms with Gasteiger partial charge in [-0.25, -0.2) is 0 Å². The molecule has 1 heterocycles. The molecule has 7 atom stereocenters. The zero-order chi connectivity index (χ0) is 57.2. The van der Waals surface area contributed by atoms with Gasteiger partial charge in [-0.2, -0.15) is 0 Å². The second-order valence-corrected chi connectivity index (χ2v) is 22.9. The first-order valence-electron chi connectivity index (χ1n) is 33.3. The molecule has 0 aromatic carbocycles. The van der Waals surface area contributed by atoms with Crippen molar-refractivity contribution >= 4 is 5.91 Å². The number of aliphatic hydroxyl groups is 5. The Hall–Kier alpha value is -2.63. The van der Waals surface area contributed by atoms with Gasteiger partial charge in [0.2, 0.25) is 5.91 Å². The molecule has 0 bridgehead atoms. The lowest BCUT2D eigenvalue weighted by atomic mass is 9.99. The molecule has 458 valence electrons. The van der Waals surface area contributed by atoms with Crippen molar-refractivity contribution in [2.45, 2.75) is 339 Å². The highest BCUT2D eigenvalue weighted by Crippen LogP contribution is 2.23. The summed E-state index contributed by atoms with van der Waals surface area (Å²) >= 11 is 0. The highest BCUT2D eigenvalue weighted by atomic mass is 16.7. The normalized spacial score (nSPS) is 19.1. The van der Waals surface area contributed by atoms with Crippen LogP contribution in [0.5, 0.6) is 0 Å². The minimum Gasteiger partial charge on any atom is -0.394 e. The van der Waals surface area contributed by atoms with E-state index in [4.69, 9.17) is 9.47 Å². The summed E-state index contributed by atoms with van der Waals surface area (Å²) in [6.45, 7) is 3.75. The lowest BCUT2D eigenvalue weighted by molar-refractivity contribution is -0.302. The maximum absolute atomic E-state index is 13.1. The predicted octanol–water partition coefficient (Wildman–Crippen LogP) is 17.7. The molecule has 9 nitrogen and oxygen atoms in total. The monoisotopic (exact) mass is 1110 g/mol. The van der Waals surface area contributed by atoms with E-state index in [1.165, 1.54) is 180 Å². The summed E-state index contributed by atoms with van der Waals surface area (Å²) in [7, 11) is 0. The fourth-order valence-corrected chi connectivity index (χ4v) is 10.3. The molecule has 7 unspecified atom stereocenters. The first-order valence-corrected chi connectivity index (χ1v) is 33.3. The van der Waals surface area contributed by atoms with Gasteiger partial charge < -0.3 is 40.3 Å². The molecule has 0 saturated carbocycles. The zero-order valence-electron chi connectivity index (χ0n) is 51.1. The van der Waals surface area contributed by atoms with Crippen molar-refractivity contribution in [1.29, 1.82) is 0 Å². The predicted molar refractivity (Wildman–Crippen MR) is 336 cm³/mol. The first-order chi connectivity index (χ1) is 38.8. The molecule has 1 aliphatic heterocycles. The maximum Gasteiger partial charge on any atom is 0.220 e. The molecule has 1 rings (SSSR count). The molecule has 0 aromatic rings. The number of unbranched alkanes of at least 4 members (excludes halogenated alkanes) is 33. The first kappa shape index (κ1) is 74.4. The Balaban J connectivity index is 2.16. The van der Waals surface area contributed by atoms with Crippen LogP contribution in [0.4, 0.5) is 0 Å². The van der Waals surface area contributed by atoms with Crippen LogP contribution in [-0.4, -0.2) is 87.5 Å². The Kier molecular flexibility index (Phi) is 55.1. The Morgan fingerprint density at radius 2 is 0.785 bits per heavy atom. The van der Waals surface area contributed by atoms with E-state index in [-0.39, 0.29) is 12.5 Å². The number of amides is 1. The van der Waals surface area contributed by atoms with Crippen molar-refractivity contribution in [2.24, 2.45) is 0 Å². The fourth-order valence-electron chi connectivity index (χ4n) is 10.3. The smallest absolute Gasteiger partial charge is 0.220 e. The van der Waals surface area contributed by atoms with Gasteiger partial charge in [-0.05, 0) is 70.6 Å². The van der Waals surface area contributed by atoms with Crippen LogP contribution in [0.25, 0.3) is 0 Å². The Bertz CT molecular complexity index is 1520. The summed E-state index contributed by atoms with van der Waals surface area (Å²) < 4.78 is 11.4. The van der Waals surface area contributed by atoms with E-state index in [2.05, 4.69) is 104 Å². The van der Waals surface area contributed by atoms with E-state index in [1.54, 1.807) is 0 Å². The zero-order valence-corrected chi connectivity index (χ0v) is 51.1. The molecule has 9 heteroatoms. The standard InChI is InChI=1S/C70H125NO8/c1-3-5-7-9-11-13-15-17-19-21-23-25-27-29-30-31-32-33-34-36-38-40-42-44-46-48-50-52-54-56-58-60-66(74)71-63(62-78-70-69(77)68(76)67(75)65(61-72)79-70)64(73)59-57-55-53-51-49-47-45-43-41-39-37-35-28-26-24-22-20-18-16-14-12-10-8-6-4-2/h5,7,11,13,17,19,23,25,29-30,32-33,36,38,63-65,67-70,72-73,75-77H,3-4,6,8-10,12,14-16,18,20-22,24,26-28,31,34-35,37,39-62H2,1-2H3,(H,71,74)/b7-5-,13-11-,19-17-,25-23-,30-29-,33-32-,38-36-. The molecule has 0 aliphatic carbocycles. The molecule has 1 aliphatic rings. The van der Waals surface area contributed by atoms with Gasteiger partial charge in [0.1, 0.15) is 24.4 Å². The van der Waals surface area contributed by atoms with Crippen molar-refractivity contribution in [2.75, 3.05) is 13.2 Å². The molecule has 0 spiro atoms. The third-order valence-electron chi connectivity index (χ3n) is 15.5. The second kappa shape index (κ2) is 58.6. The lowest BCUT2D eigenvalue weighted by Gasteiger charge is -2.40. The number of rotatable bonds is 57. The van der Waals surface area contributed by atoms with Crippen molar-refractivity contribution in [3.8, 4) is 0 Å². The molecule has 1 amide bonds. The lowest BCUT2D eigenvalue weighted by Crippen LogP contribution is -2.60. The highest BCUT2D eigenvalue weighted by Gasteiger charge is 2.44. The third kappa shape index (κ3) is 47.6. The maximum atomic E-state index is 13.1. The number of nitrogens with one attached hydrogen (secondary N) is 1. The summed E-state index contributed by atoms with van der Waals surface area (Å²) in [6, 6.07) is -0.729. The van der Waals surface area contributed by atoms with Crippen LogP contribution < -0.4 is 5.32 Å². The largest absolute Gasteiger partial charge is 0.394 e. The summed E-state index contributed by atoms with van der Waals surface area (Å²) in [5.41, 5.74) is 0. The number of hydrogen-bond donors (Lipinski definition) is 6. The number of carbonyl (C=O) groups excluding carboxylic acids is 1. The van der Waals surface area contributed by atoms with Crippen molar-refractivity contribution < 1.29 is 39.8 Å². The van der Waals surface area contributed by atoms with Crippen LogP contribution in [0.1, 0.15) is 296 Å². The Labute approximate surface area is 486 Å². The van der Waals surface area contributed by atoms with E-state index < -0.39 is 49.5 Å². The third-order valence-corrected chi connectivity index (χ3v) is 15.5. The molecule has 79 heavy (non-hydrogen) atoms. The van der Waals surface area contributed by atoms with Crippen LogP contribution in [0, 0.1) is 0 Å². The van der Waals surface area contributed by atoms with E-state index >= 15 is 0 Å². The van der Waals surface area contributed by atoms with Gasteiger partial charge in [-0.3, -0.25) is 4.79 Å². The minimum atomic E-state index is -1.56. The van der Waals surface area contributed by atoms with Crippen molar-refractivity contribution in [3.63, 3.8) is 0 Å². The Morgan fingerprint density at radius 1 is 0.443 bits per heavy atom. The number of ether oxygens (including phenoxy) is 2. The van der Waals surface area contributed by atoms with E-state index in [0.717, 1.165) is 89.9 Å². The average Bonchev–Trinajstić information content (AvgIpc) is 3.47. The summed E-state index contributed by atoms with van der Waals surface area (Å²) in [5.74, 6) is -0.150. The quantitative estimate of drug-likeness (QED) is 0.0261. The number of hydrogen-bond acceptors (Lipinski definition) is 8. The van der Waals surface area contributed by atoms with E-state index in [0.29, 0.717) is 12.8 Å².